The van der Waals surface area contributed by atoms with Crippen LogP contribution in [-0.4, -0.2) is 19.6 Å². The van der Waals surface area contributed by atoms with Crippen molar-refractivity contribution in [2.75, 3.05) is 0 Å². The lowest BCUT2D eigenvalue weighted by molar-refractivity contribution is 0.476. The van der Waals surface area contributed by atoms with Gasteiger partial charge in [-0.25, -0.2) is 4.98 Å². The van der Waals surface area contributed by atoms with Gasteiger partial charge in [0.15, 0.2) is 0 Å². The monoisotopic (exact) mass is 697 g/mol. The van der Waals surface area contributed by atoms with E-state index >= 15 is 0 Å². The van der Waals surface area contributed by atoms with Crippen LogP contribution >= 0.6 is 0 Å². The average molecular weight is 698 g/mol. The first kappa shape index (κ1) is 33.1. The minimum atomic E-state index is -0.0815. The second-order valence-electron chi connectivity index (χ2n) is 14.9. The summed E-state index contributed by atoms with van der Waals surface area (Å²) >= 11 is 0. The summed E-state index contributed by atoms with van der Waals surface area (Å²) in [5, 5.41) is 13.6. The number of rotatable bonds is 6. The molecule has 0 atom stereocenters. The Morgan fingerprint density at radius 2 is 1.13 bits per heavy atom. The molecule has 0 aliphatic rings. The number of phenolic OH excluding ortho intramolecular Hbond substituents is 1. The van der Waals surface area contributed by atoms with Crippen LogP contribution in [0.25, 0.3) is 83.5 Å². The molecule has 1 N–H and O–H groups in total. The zero-order valence-corrected chi connectivity index (χ0v) is 30.5. The maximum atomic E-state index is 11.1. The van der Waals surface area contributed by atoms with E-state index in [1.807, 2.05) is 30.5 Å². The normalized spacial score (nSPS) is 11.7. The molecule has 9 rings (SSSR count). The van der Waals surface area contributed by atoms with Crippen molar-refractivity contribution >= 4 is 21.8 Å². The molecule has 0 bridgehead atoms. The van der Waals surface area contributed by atoms with Crippen molar-refractivity contribution in [3.63, 3.8) is 0 Å². The van der Waals surface area contributed by atoms with Gasteiger partial charge in [0.25, 0.3) is 0 Å². The fourth-order valence-electron chi connectivity index (χ4n) is 7.51. The van der Waals surface area contributed by atoms with Gasteiger partial charge in [0.2, 0.25) is 0 Å². The van der Waals surface area contributed by atoms with Crippen LogP contribution in [0.4, 0.5) is 0 Å². The number of hydrogen-bond acceptors (Lipinski definition) is 3. The Hall–Kier alpha value is -6.78. The van der Waals surface area contributed by atoms with Crippen LogP contribution < -0.4 is 0 Å². The summed E-state index contributed by atoms with van der Waals surface area (Å²) in [7, 11) is 0. The van der Waals surface area contributed by atoms with Gasteiger partial charge in [0.05, 0.1) is 28.1 Å². The Kier molecular flexibility index (Phi) is 8.16. The van der Waals surface area contributed by atoms with Gasteiger partial charge in [0, 0.05) is 44.9 Å². The largest absolute Gasteiger partial charge is 0.507 e. The van der Waals surface area contributed by atoms with Crippen LogP contribution in [0.1, 0.15) is 26.3 Å². The number of para-hydroxylation sites is 3. The molecule has 0 spiro atoms. The summed E-state index contributed by atoms with van der Waals surface area (Å²) in [5.41, 5.74) is 14.0. The van der Waals surface area contributed by atoms with Crippen LogP contribution in [0.15, 0.2) is 176 Å². The summed E-state index contributed by atoms with van der Waals surface area (Å²) in [5.74, 6) is 0.211. The fourth-order valence-corrected chi connectivity index (χ4v) is 7.51. The highest BCUT2D eigenvalue weighted by molar-refractivity contribution is 6.13. The lowest BCUT2D eigenvalue weighted by Crippen LogP contribution is -2.10. The van der Waals surface area contributed by atoms with Gasteiger partial charge in [-0.3, -0.25) is 4.98 Å². The Labute approximate surface area is 315 Å². The maximum absolute atomic E-state index is 11.1. The molecule has 3 aromatic heterocycles. The van der Waals surface area contributed by atoms with Crippen molar-refractivity contribution < 1.29 is 5.11 Å². The van der Waals surface area contributed by atoms with E-state index in [2.05, 4.69) is 165 Å². The number of pyridine rings is 2. The van der Waals surface area contributed by atoms with E-state index in [9.17, 15) is 5.11 Å². The SMILES string of the molecule is CC(C)(C)c1ccc(O)c(-c2cc(-c3ccccc3)cc(-c3cccc(-c4cc(-c5cccc6c7ccccc7n(-c7ccccc7)c56)ccn4)c3)n2)c1. The van der Waals surface area contributed by atoms with Gasteiger partial charge in [-0.2, -0.15) is 0 Å². The Morgan fingerprint density at radius 3 is 1.93 bits per heavy atom. The third kappa shape index (κ3) is 6.02. The molecular formula is C50H39N3O. The number of benzene rings is 6. The zero-order valence-electron chi connectivity index (χ0n) is 30.5. The minimum absolute atomic E-state index is 0.0815. The van der Waals surface area contributed by atoms with E-state index in [-0.39, 0.29) is 11.2 Å². The molecule has 4 heteroatoms. The molecule has 3 heterocycles. The summed E-state index contributed by atoms with van der Waals surface area (Å²) in [6.07, 6.45) is 1.91. The number of nitrogens with zero attached hydrogens (tertiary/aromatic N) is 3. The summed E-state index contributed by atoms with van der Waals surface area (Å²) in [4.78, 5) is 10.1. The molecule has 54 heavy (non-hydrogen) atoms. The fraction of sp³-hybridized carbons (Fsp3) is 0.0800. The second kappa shape index (κ2) is 13.3. The maximum Gasteiger partial charge on any atom is 0.124 e. The standard InChI is InChI=1S/C50H39N3O/c1-50(2,3)38-24-25-48(54)43(32-38)46-31-37(33-14-6-4-7-15-33)30-45(52-46)36-17-12-16-35(28-36)44-29-34(26-27-51-44)40-21-13-22-42-41-20-10-11-23-47(41)53(49(40)42)39-18-8-5-9-19-39/h4-32,54H,1-3H3. The van der Waals surface area contributed by atoms with Crippen molar-refractivity contribution in [2.45, 2.75) is 26.2 Å². The zero-order chi connectivity index (χ0) is 36.8. The number of aromatic nitrogens is 3. The van der Waals surface area contributed by atoms with E-state index in [0.717, 1.165) is 61.7 Å². The Bertz CT molecular complexity index is 2810. The topological polar surface area (TPSA) is 50.9 Å². The first-order chi connectivity index (χ1) is 26.3. The first-order valence-corrected chi connectivity index (χ1v) is 18.4. The summed E-state index contributed by atoms with van der Waals surface area (Å²) in [6.45, 7) is 6.54. The average Bonchev–Trinajstić information content (AvgIpc) is 3.56. The minimum Gasteiger partial charge on any atom is -0.507 e. The predicted octanol–water partition coefficient (Wildman–Crippen LogP) is 12.9. The molecule has 9 aromatic rings. The van der Waals surface area contributed by atoms with Gasteiger partial charge in [-0.15, -0.1) is 0 Å². The van der Waals surface area contributed by atoms with Crippen LogP contribution in [0.5, 0.6) is 5.75 Å². The number of aromatic hydroxyl groups is 1. The van der Waals surface area contributed by atoms with E-state index in [4.69, 9.17) is 9.97 Å². The summed E-state index contributed by atoms with van der Waals surface area (Å²) < 4.78 is 2.37. The summed E-state index contributed by atoms with van der Waals surface area (Å²) in [6, 6.07) is 58.9. The highest BCUT2D eigenvalue weighted by atomic mass is 16.3. The van der Waals surface area contributed by atoms with Crippen molar-refractivity contribution in [3.8, 4) is 67.5 Å². The van der Waals surface area contributed by atoms with Crippen LogP contribution in [0, 0.1) is 0 Å². The first-order valence-electron chi connectivity index (χ1n) is 18.4. The lowest BCUT2D eigenvalue weighted by Gasteiger charge is -2.20. The molecule has 0 saturated heterocycles. The number of hydrogen-bond donors (Lipinski definition) is 1. The third-order valence-corrected chi connectivity index (χ3v) is 10.3. The van der Waals surface area contributed by atoms with Crippen molar-refractivity contribution in [2.24, 2.45) is 0 Å². The smallest absolute Gasteiger partial charge is 0.124 e. The number of phenols is 1. The van der Waals surface area contributed by atoms with E-state index in [1.54, 1.807) is 6.07 Å². The van der Waals surface area contributed by atoms with Gasteiger partial charge in [-0.05, 0) is 88.3 Å². The molecule has 0 unspecified atom stereocenters. The molecule has 0 aliphatic heterocycles. The quantitative estimate of drug-likeness (QED) is 0.188. The predicted molar refractivity (Wildman–Crippen MR) is 224 cm³/mol. The highest BCUT2D eigenvalue weighted by Gasteiger charge is 2.19. The van der Waals surface area contributed by atoms with Crippen molar-refractivity contribution in [1.29, 1.82) is 0 Å². The van der Waals surface area contributed by atoms with Crippen LogP contribution in [0.2, 0.25) is 0 Å². The lowest BCUT2D eigenvalue weighted by atomic mass is 9.85. The van der Waals surface area contributed by atoms with Crippen molar-refractivity contribution in [1.82, 2.24) is 14.5 Å². The van der Waals surface area contributed by atoms with Crippen molar-refractivity contribution in [3.05, 3.63) is 182 Å². The molecule has 6 aromatic carbocycles. The van der Waals surface area contributed by atoms with E-state index in [1.165, 1.54) is 21.8 Å². The third-order valence-electron chi connectivity index (χ3n) is 10.3. The molecule has 4 nitrogen and oxygen atoms in total. The molecule has 0 fully saturated rings. The molecular weight excluding hydrogens is 659 g/mol. The molecule has 0 aliphatic carbocycles. The Balaban J connectivity index is 1.17. The van der Waals surface area contributed by atoms with E-state index in [0.29, 0.717) is 5.56 Å². The van der Waals surface area contributed by atoms with Gasteiger partial charge < -0.3 is 9.67 Å². The number of fused-ring (bicyclic) bond motifs is 3. The van der Waals surface area contributed by atoms with E-state index < -0.39 is 0 Å². The molecule has 0 radical (unpaired) electrons. The van der Waals surface area contributed by atoms with Crippen LogP contribution in [-0.2, 0) is 5.41 Å². The van der Waals surface area contributed by atoms with Gasteiger partial charge >= 0.3 is 0 Å². The molecule has 0 saturated carbocycles. The Morgan fingerprint density at radius 1 is 0.481 bits per heavy atom. The van der Waals surface area contributed by atoms with Gasteiger partial charge in [0.1, 0.15) is 5.75 Å². The second-order valence-corrected chi connectivity index (χ2v) is 14.9. The molecule has 260 valence electrons. The highest BCUT2D eigenvalue weighted by Crippen LogP contribution is 2.40. The van der Waals surface area contributed by atoms with Gasteiger partial charge in [-0.1, -0.05) is 130 Å². The molecule has 0 amide bonds. The van der Waals surface area contributed by atoms with Crippen LogP contribution in [0.3, 0.4) is 0 Å².